The molecule has 0 aromatic carbocycles. The molecule has 0 spiro atoms. The number of nitrogens with zero attached hydrogens (tertiary/aromatic N) is 3. The van der Waals surface area contributed by atoms with Crippen LogP contribution in [0.15, 0.2) is 20.9 Å². The Labute approximate surface area is 155 Å². The molecule has 0 saturated carbocycles. The van der Waals surface area contributed by atoms with Gasteiger partial charge in [-0.15, -0.1) is 11.3 Å². The summed E-state index contributed by atoms with van der Waals surface area (Å²) in [5.41, 5.74) is 1.05. The minimum Gasteiger partial charge on any atom is -0.360 e. The van der Waals surface area contributed by atoms with Crippen LogP contribution >= 0.6 is 22.9 Å². The van der Waals surface area contributed by atoms with Gasteiger partial charge in [-0.05, 0) is 19.1 Å². The predicted molar refractivity (Wildman–Crippen MR) is 94.6 cm³/mol. The minimum absolute atomic E-state index is 0.160. The second-order valence-corrected chi connectivity index (χ2v) is 9.55. The van der Waals surface area contributed by atoms with Crippen LogP contribution in [0.25, 0.3) is 0 Å². The van der Waals surface area contributed by atoms with Gasteiger partial charge in [-0.1, -0.05) is 23.7 Å². The van der Waals surface area contributed by atoms with Crippen molar-refractivity contribution in [3.63, 3.8) is 0 Å². The molecule has 0 bridgehead atoms. The average Bonchev–Trinajstić information content (AvgIpc) is 3.20. The van der Waals surface area contributed by atoms with Crippen molar-refractivity contribution in [2.24, 2.45) is 0 Å². The highest BCUT2D eigenvalue weighted by atomic mass is 35.5. The lowest BCUT2D eigenvalue weighted by Crippen LogP contribution is -2.50. The number of halogens is 1. The highest BCUT2D eigenvalue weighted by Gasteiger charge is 2.33. The van der Waals surface area contributed by atoms with Crippen molar-refractivity contribution in [1.82, 2.24) is 14.4 Å². The maximum absolute atomic E-state index is 12.7. The zero-order chi connectivity index (χ0) is 18.2. The molecule has 2 aromatic rings. The first kappa shape index (κ1) is 18.4. The van der Waals surface area contributed by atoms with Crippen molar-refractivity contribution in [2.45, 2.75) is 24.5 Å². The van der Waals surface area contributed by atoms with Gasteiger partial charge in [0.1, 0.15) is 15.5 Å². The van der Waals surface area contributed by atoms with E-state index in [2.05, 4.69) is 5.16 Å². The third kappa shape index (κ3) is 3.46. The Morgan fingerprint density at radius 3 is 2.56 bits per heavy atom. The number of hydrogen-bond donors (Lipinski definition) is 0. The van der Waals surface area contributed by atoms with Crippen molar-refractivity contribution in [1.29, 1.82) is 0 Å². The topological polar surface area (TPSA) is 83.7 Å². The van der Waals surface area contributed by atoms with Crippen molar-refractivity contribution in [3.05, 3.63) is 33.5 Å². The summed E-state index contributed by atoms with van der Waals surface area (Å²) < 4.78 is 32.4. The van der Waals surface area contributed by atoms with Crippen molar-refractivity contribution in [2.75, 3.05) is 26.2 Å². The van der Waals surface area contributed by atoms with E-state index < -0.39 is 10.0 Å². The van der Waals surface area contributed by atoms with Gasteiger partial charge in [-0.2, -0.15) is 4.31 Å². The Balaban J connectivity index is 1.71. The zero-order valence-electron chi connectivity index (χ0n) is 13.9. The van der Waals surface area contributed by atoms with Gasteiger partial charge in [-0.3, -0.25) is 4.79 Å². The molecule has 1 aliphatic rings. The second-order valence-electron chi connectivity index (χ2n) is 5.67. The van der Waals surface area contributed by atoms with E-state index in [4.69, 9.17) is 16.1 Å². The fourth-order valence-electron chi connectivity index (χ4n) is 2.79. The van der Waals surface area contributed by atoms with Crippen LogP contribution in [0.5, 0.6) is 0 Å². The SMILES string of the molecule is CCc1onc(C)c1C(=O)N1CCN(S(=O)(=O)c2ccc(Cl)s2)CC1. The molecular weight excluding hydrogens is 386 g/mol. The van der Waals surface area contributed by atoms with E-state index in [1.165, 1.54) is 10.4 Å². The van der Waals surface area contributed by atoms with Gasteiger partial charge >= 0.3 is 0 Å². The lowest BCUT2D eigenvalue weighted by atomic mass is 10.1. The van der Waals surface area contributed by atoms with Gasteiger partial charge in [0.15, 0.2) is 0 Å². The van der Waals surface area contributed by atoms with Crippen LogP contribution in [0.2, 0.25) is 4.34 Å². The Kier molecular flexibility index (Phi) is 5.19. The van der Waals surface area contributed by atoms with Gasteiger partial charge < -0.3 is 9.42 Å². The van der Waals surface area contributed by atoms with E-state index >= 15 is 0 Å². The highest BCUT2D eigenvalue weighted by Crippen LogP contribution is 2.29. The fourth-order valence-corrected chi connectivity index (χ4v) is 5.84. The molecule has 0 N–H and O–H groups in total. The van der Waals surface area contributed by atoms with E-state index in [9.17, 15) is 13.2 Å². The summed E-state index contributed by atoms with van der Waals surface area (Å²) in [6.45, 7) is 4.77. The lowest BCUT2D eigenvalue weighted by molar-refractivity contribution is 0.0695. The van der Waals surface area contributed by atoms with E-state index in [-0.39, 0.29) is 23.2 Å². The Bertz CT molecular complexity index is 882. The molecule has 25 heavy (non-hydrogen) atoms. The number of carbonyl (C=O) groups is 1. The van der Waals surface area contributed by atoms with Gasteiger partial charge in [0.05, 0.1) is 10.0 Å². The molecular formula is C15H18ClN3O4S2. The molecule has 10 heteroatoms. The first-order valence-corrected chi connectivity index (χ1v) is 10.5. The molecule has 1 fully saturated rings. The number of aromatic nitrogens is 1. The monoisotopic (exact) mass is 403 g/mol. The van der Waals surface area contributed by atoms with Gasteiger partial charge in [0.25, 0.3) is 15.9 Å². The lowest BCUT2D eigenvalue weighted by Gasteiger charge is -2.33. The van der Waals surface area contributed by atoms with Crippen LogP contribution in [0.3, 0.4) is 0 Å². The minimum atomic E-state index is -3.57. The fraction of sp³-hybridized carbons (Fsp3) is 0.467. The summed E-state index contributed by atoms with van der Waals surface area (Å²) in [5, 5.41) is 3.86. The number of hydrogen-bond acceptors (Lipinski definition) is 6. The van der Waals surface area contributed by atoms with Crippen LogP contribution < -0.4 is 0 Å². The summed E-state index contributed by atoms with van der Waals surface area (Å²) in [6.07, 6.45) is 0.579. The van der Waals surface area contributed by atoms with Crippen LogP contribution in [-0.4, -0.2) is 54.9 Å². The average molecular weight is 404 g/mol. The van der Waals surface area contributed by atoms with Crippen molar-refractivity contribution in [3.8, 4) is 0 Å². The smallest absolute Gasteiger partial charge is 0.259 e. The van der Waals surface area contributed by atoms with Gasteiger partial charge in [0.2, 0.25) is 0 Å². The van der Waals surface area contributed by atoms with E-state index in [1.54, 1.807) is 17.9 Å². The predicted octanol–water partition coefficient (Wildman–Crippen LogP) is 2.41. The molecule has 2 aromatic heterocycles. The molecule has 7 nitrogen and oxygen atoms in total. The molecule has 1 aliphatic heterocycles. The molecule has 3 heterocycles. The largest absolute Gasteiger partial charge is 0.360 e. The Hall–Kier alpha value is -1.42. The number of rotatable bonds is 4. The van der Waals surface area contributed by atoms with Crippen molar-refractivity contribution >= 4 is 38.9 Å². The molecule has 0 unspecified atom stereocenters. The molecule has 0 radical (unpaired) electrons. The van der Waals surface area contributed by atoms with Crippen LogP contribution in [0.1, 0.15) is 28.7 Å². The third-order valence-corrected chi connectivity index (χ3v) is 7.73. The summed E-state index contributed by atoms with van der Waals surface area (Å²) in [5.74, 6) is 0.401. The Morgan fingerprint density at radius 1 is 1.32 bits per heavy atom. The molecule has 136 valence electrons. The summed E-state index contributed by atoms with van der Waals surface area (Å²) in [7, 11) is -3.57. The van der Waals surface area contributed by atoms with E-state index in [1.807, 2.05) is 6.92 Å². The second kappa shape index (κ2) is 7.06. The van der Waals surface area contributed by atoms with E-state index in [0.717, 1.165) is 11.3 Å². The highest BCUT2D eigenvalue weighted by molar-refractivity contribution is 7.91. The summed E-state index contributed by atoms with van der Waals surface area (Å²) >= 11 is 6.87. The molecule has 1 amide bonds. The van der Waals surface area contributed by atoms with Gasteiger partial charge in [0, 0.05) is 32.6 Å². The summed E-state index contributed by atoms with van der Waals surface area (Å²) in [6, 6.07) is 3.08. The van der Waals surface area contributed by atoms with Crippen LogP contribution in [-0.2, 0) is 16.4 Å². The van der Waals surface area contributed by atoms with Crippen LogP contribution in [0, 0.1) is 6.92 Å². The first-order chi connectivity index (χ1) is 11.8. The molecule has 0 aliphatic carbocycles. The number of carbonyl (C=O) groups excluding carboxylic acids is 1. The van der Waals surface area contributed by atoms with Crippen LogP contribution in [0.4, 0.5) is 0 Å². The molecule has 0 atom stereocenters. The molecule has 1 saturated heterocycles. The first-order valence-electron chi connectivity index (χ1n) is 7.84. The Morgan fingerprint density at radius 2 is 2.00 bits per heavy atom. The number of aryl methyl sites for hydroxylation is 2. The molecule has 3 rings (SSSR count). The standard InChI is InChI=1S/C15H18ClN3O4S2/c1-3-11-14(10(2)17-23-11)15(20)18-6-8-19(9-7-18)25(21,22)13-5-4-12(16)24-13/h4-5H,3,6-9H2,1-2H3. The zero-order valence-corrected chi connectivity index (χ0v) is 16.2. The normalized spacial score (nSPS) is 16.4. The van der Waals surface area contributed by atoms with Crippen molar-refractivity contribution < 1.29 is 17.7 Å². The maximum atomic E-state index is 12.7. The quantitative estimate of drug-likeness (QED) is 0.782. The number of thiophene rings is 1. The number of piperazine rings is 1. The summed E-state index contributed by atoms with van der Waals surface area (Å²) in [4.78, 5) is 14.4. The third-order valence-electron chi connectivity index (χ3n) is 4.14. The van der Waals surface area contributed by atoms with Gasteiger partial charge in [-0.25, -0.2) is 8.42 Å². The number of amides is 1. The maximum Gasteiger partial charge on any atom is 0.259 e. The van der Waals surface area contributed by atoms with E-state index in [0.29, 0.717) is 40.9 Å². The number of sulfonamides is 1.